The van der Waals surface area contributed by atoms with Crippen LogP contribution in [-0.4, -0.2) is 42.3 Å². The van der Waals surface area contributed by atoms with Gasteiger partial charge in [0.05, 0.1) is 11.5 Å². The number of amides is 3. The number of hydrogen-bond acceptors (Lipinski definition) is 6. The summed E-state index contributed by atoms with van der Waals surface area (Å²) in [6.45, 7) is 13.8. The normalized spacial score (nSPS) is 13.2. The number of ether oxygens (including phenoxy) is 1. The SMILES string of the molecule is CC(C)NC(C(=O)CC(CCCNC(N)=O)C(=O)Nc1ccc(COC(=O)C(C)(C)C)cc1)C(C)C. The number of benzene rings is 1. The van der Waals surface area contributed by atoms with Gasteiger partial charge in [0.2, 0.25) is 5.91 Å². The predicted octanol–water partition coefficient (Wildman–Crippen LogP) is 3.76. The minimum atomic E-state index is -0.624. The van der Waals surface area contributed by atoms with Crippen LogP contribution >= 0.6 is 0 Å². The number of nitrogens with two attached hydrogens (primary N) is 1. The summed E-state index contributed by atoms with van der Waals surface area (Å²) >= 11 is 0. The number of rotatable bonds is 14. The summed E-state index contributed by atoms with van der Waals surface area (Å²) in [6, 6.07) is 6.20. The molecule has 0 saturated carbocycles. The van der Waals surface area contributed by atoms with Crippen LogP contribution in [0.1, 0.15) is 73.3 Å². The van der Waals surface area contributed by atoms with E-state index in [9.17, 15) is 19.2 Å². The number of urea groups is 1. The molecule has 9 heteroatoms. The molecule has 3 amide bonds. The lowest BCUT2D eigenvalue weighted by molar-refractivity contribution is -0.154. The molecule has 0 fully saturated rings. The lowest BCUT2D eigenvalue weighted by atomic mass is 9.89. The minimum absolute atomic E-state index is 0.0160. The molecule has 0 spiro atoms. The van der Waals surface area contributed by atoms with Crippen LogP contribution in [0.25, 0.3) is 0 Å². The molecule has 0 heterocycles. The Balaban J connectivity index is 2.86. The molecule has 202 valence electrons. The summed E-state index contributed by atoms with van der Waals surface area (Å²) in [5.74, 6) is -1.04. The third-order valence-electron chi connectivity index (χ3n) is 5.58. The molecule has 2 atom stereocenters. The van der Waals surface area contributed by atoms with Gasteiger partial charge in [0.1, 0.15) is 6.61 Å². The monoisotopic (exact) mass is 504 g/mol. The Hall–Kier alpha value is -2.94. The zero-order valence-electron chi connectivity index (χ0n) is 22.8. The molecular formula is C27H44N4O5. The third-order valence-corrected chi connectivity index (χ3v) is 5.58. The Bertz CT molecular complexity index is 875. The molecule has 0 aliphatic carbocycles. The highest BCUT2D eigenvalue weighted by atomic mass is 16.5. The van der Waals surface area contributed by atoms with E-state index < -0.39 is 17.4 Å². The zero-order valence-corrected chi connectivity index (χ0v) is 22.8. The first-order chi connectivity index (χ1) is 16.7. The number of primary amides is 1. The number of ketones is 1. The van der Waals surface area contributed by atoms with Crippen LogP contribution in [0.15, 0.2) is 24.3 Å². The van der Waals surface area contributed by atoms with Gasteiger partial charge in [0.15, 0.2) is 5.78 Å². The van der Waals surface area contributed by atoms with Gasteiger partial charge in [0, 0.05) is 30.6 Å². The van der Waals surface area contributed by atoms with E-state index in [1.54, 1.807) is 45.0 Å². The standard InChI is InChI=1S/C27H44N4O5/c1-17(2)23(30-18(3)4)22(32)15-20(9-8-14-29-26(28)35)24(33)31-21-12-10-19(11-13-21)16-36-25(34)27(5,6)7/h10-13,17-18,20,23,30H,8-9,14-16H2,1-7H3,(H,31,33)(H3,28,29,35). The van der Waals surface area contributed by atoms with Crippen LogP contribution in [0.2, 0.25) is 0 Å². The number of hydrogen-bond donors (Lipinski definition) is 4. The van der Waals surface area contributed by atoms with Crippen LogP contribution in [0.3, 0.4) is 0 Å². The van der Waals surface area contributed by atoms with E-state index in [2.05, 4.69) is 16.0 Å². The summed E-state index contributed by atoms with van der Waals surface area (Å²) in [6.07, 6.45) is 1.02. The molecular weight excluding hydrogens is 460 g/mol. The first-order valence-electron chi connectivity index (χ1n) is 12.6. The number of esters is 1. The summed E-state index contributed by atoms with van der Waals surface area (Å²) in [4.78, 5) is 49.2. The number of nitrogens with one attached hydrogen (secondary N) is 3. The van der Waals surface area contributed by atoms with Crippen molar-refractivity contribution < 1.29 is 23.9 Å². The van der Waals surface area contributed by atoms with Gasteiger partial charge in [-0.25, -0.2) is 4.79 Å². The third kappa shape index (κ3) is 11.7. The van der Waals surface area contributed by atoms with Crippen molar-refractivity contribution in [2.75, 3.05) is 11.9 Å². The average Bonchev–Trinajstić information content (AvgIpc) is 2.77. The fourth-order valence-electron chi connectivity index (χ4n) is 3.57. The van der Waals surface area contributed by atoms with Crippen molar-refractivity contribution in [3.05, 3.63) is 29.8 Å². The van der Waals surface area contributed by atoms with E-state index in [-0.39, 0.29) is 48.7 Å². The molecule has 2 unspecified atom stereocenters. The summed E-state index contributed by atoms with van der Waals surface area (Å²) in [5.41, 5.74) is 5.93. The number of Topliss-reactive ketones (excluding diaryl/α,β-unsaturated/α-hetero) is 1. The largest absolute Gasteiger partial charge is 0.460 e. The van der Waals surface area contributed by atoms with Crippen LogP contribution in [-0.2, 0) is 25.7 Å². The molecule has 9 nitrogen and oxygen atoms in total. The zero-order chi connectivity index (χ0) is 27.5. The van der Waals surface area contributed by atoms with Gasteiger partial charge >= 0.3 is 12.0 Å². The van der Waals surface area contributed by atoms with Crippen molar-refractivity contribution in [3.63, 3.8) is 0 Å². The predicted molar refractivity (Wildman–Crippen MR) is 141 cm³/mol. The van der Waals surface area contributed by atoms with Crippen molar-refractivity contribution in [1.82, 2.24) is 10.6 Å². The number of carbonyl (C=O) groups is 4. The highest BCUT2D eigenvalue weighted by Crippen LogP contribution is 2.20. The first kappa shape index (κ1) is 31.1. The van der Waals surface area contributed by atoms with Crippen LogP contribution < -0.4 is 21.7 Å². The average molecular weight is 505 g/mol. The molecule has 0 bridgehead atoms. The smallest absolute Gasteiger partial charge is 0.312 e. The minimum Gasteiger partial charge on any atom is -0.460 e. The van der Waals surface area contributed by atoms with Crippen LogP contribution in [0.4, 0.5) is 10.5 Å². The molecule has 0 saturated heterocycles. The number of carbonyl (C=O) groups excluding carboxylic acids is 4. The summed E-state index contributed by atoms with van der Waals surface area (Å²) < 4.78 is 5.33. The van der Waals surface area contributed by atoms with Gasteiger partial charge in [-0.3, -0.25) is 14.4 Å². The Kier molecular flexibility index (Phi) is 12.6. The Morgan fingerprint density at radius 1 is 1.00 bits per heavy atom. The molecule has 0 aromatic heterocycles. The Morgan fingerprint density at radius 2 is 1.61 bits per heavy atom. The maximum atomic E-state index is 13.1. The summed E-state index contributed by atoms with van der Waals surface area (Å²) in [7, 11) is 0. The van der Waals surface area contributed by atoms with Crippen molar-refractivity contribution >= 4 is 29.4 Å². The van der Waals surface area contributed by atoms with Gasteiger partial charge in [-0.05, 0) is 57.2 Å². The molecule has 0 aliphatic rings. The fraction of sp³-hybridized carbons (Fsp3) is 0.630. The van der Waals surface area contributed by atoms with E-state index in [1.807, 2.05) is 27.7 Å². The van der Waals surface area contributed by atoms with Crippen LogP contribution in [0, 0.1) is 17.3 Å². The Labute approximate surface area is 215 Å². The fourth-order valence-corrected chi connectivity index (χ4v) is 3.57. The lowest BCUT2D eigenvalue weighted by Gasteiger charge is -2.25. The molecule has 1 aromatic rings. The van der Waals surface area contributed by atoms with Crippen LogP contribution in [0.5, 0.6) is 0 Å². The number of anilines is 1. The first-order valence-corrected chi connectivity index (χ1v) is 12.6. The highest BCUT2D eigenvalue weighted by Gasteiger charge is 2.28. The molecule has 1 aromatic carbocycles. The molecule has 36 heavy (non-hydrogen) atoms. The van der Waals surface area contributed by atoms with Gasteiger partial charge in [-0.2, -0.15) is 0 Å². The van der Waals surface area contributed by atoms with E-state index in [1.165, 1.54) is 0 Å². The van der Waals surface area contributed by atoms with Gasteiger partial charge in [-0.1, -0.05) is 39.8 Å². The van der Waals surface area contributed by atoms with E-state index in [0.717, 1.165) is 5.56 Å². The summed E-state index contributed by atoms with van der Waals surface area (Å²) in [5, 5.41) is 8.71. The second kappa shape index (κ2) is 14.6. The molecule has 0 radical (unpaired) electrons. The van der Waals surface area contributed by atoms with Crippen molar-refractivity contribution in [2.24, 2.45) is 23.0 Å². The topological polar surface area (TPSA) is 140 Å². The quantitative estimate of drug-likeness (QED) is 0.225. The van der Waals surface area contributed by atoms with Gasteiger partial charge < -0.3 is 26.4 Å². The maximum absolute atomic E-state index is 13.1. The second-order valence-electron chi connectivity index (χ2n) is 10.9. The second-order valence-corrected chi connectivity index (χ2v) is 10.9. The lowest BCUT2D eigenvalue weighted by Crippen LogP contribution is -2.45. The van der Waals surface area contributed by atoms with Crippen molar-refractivity contribution in [2.45, 2.75) is 86.4 Å². The van der Waals surface area contributed by atoms with E-state index in [4.69, 9.17) is 10.5 Å². The molecule has 5 N–H and O–H groups in total. The molecule has 1 rings (SSSR count). The van der Waals surface area contributed by atoms with Gasteiger partial charge in [-0.15, -0.1) is 0 Å². The highest BCUT2D eigenvalue weighted by molar-refractivity contribution is 5.96. The van der Waals surface area contributed by atoms with E-state index >= 15 is 0 Å². The van der Waals surface area contributed by atoms with Crippen molar-refractivity contribution in [3.8, 4) is 0 Å². The maximum Gasteiger partial charge on any atom is 0.312 e. The van der Waals surface area contributed by atoms with Gasteiger partial charge in [0.25, 0.3) is 0 Å². The Morgan fingerprint density at radius 3 is 2.11 bits per heavy atom. The van der Waals surface area contributed by atoms with E-state index in [0.29, 0.717) is 25.1 Å². The molecule has 0 aliphatic heterocycles. The van der Waals surface area contributed by atoms with Crippen molar-refractivity contribution in [1.29, 1.82) is 0 Å².